The van der Waals surface area contributed by atoms with Gasteiger partial charge in [0.25, 0.3) is 11.5 Å². The number of carbonyl (C=O) groups is 2. The van der Waals surface area contributed by atoms with Gasteiger partial charge in [0.15, 0.2) is 5.76 Å². The number of fused-ring (bicyclic) bond motifs is 3. The normalized spacial score (nSPS) is 14.5. The van der Waals surface area contributed by atoms with E-state index in [0.717, 1.165) is 22.5 Å². The minimum atomic E-state index is -0.270. The van der Waals surface area contributed by atoms with Crippen LogP contribution in [0.1, 0.15) is 35.1 Å². The lowest BCUT2D eigenvalue weighted by Gasteiger charge is -2.34. The molecule has 0 atom stereocenters. The maximum Gasteiger partial charge on any atom is 0.291 e. The third-order valence-corrected chi connectivity index (χ3v) is 7.31. The first kappa shape index (κ1) is 21.4. The van der Waals surface area contributed by atoms with E-state index in [4.69, 9.17) is 4.42 Å². The van der Waals surface area contributed by atoms with E-state index in [1.165, 1.54) is 15.8 Å². The van der Waals surface area contributed by atoms with Crippen molar-refractivity contribution < 1.29 is 14.0 Å². The molecule has 0 saturated carbocycles. The molecule has 5 heterocycles. The van der Waals surface area contributed by atoms with Crippen LogP contribution in [0.5, 0.6) is 0 Å². The van der Waals surface area contributed by atoms with Crippen molar-refractivity contribution in [2.45, 2.75) is 33.2 Å². The molecule has 0 aromatic carbocycles. The number of hydrogen-bond donors (Lipinski definition) is 0. The van der Waals surface area contributed by atoms with Gasteiger partial charge in [0.05, 0.1) is 16.5 Å². The summed E-state index contributed by atoms with van der Waals surface area (Å²) in [7, 11) is 0. The zero-order valence-electron chi connectivity index (χ0n) is 18.6. The predicted octanol–water partition coefficient (Wildman–Crippen LogP) is 2.41. The molecule has 4 aromatic heterocycles. The van der Waals surface area contributed by atoms with Crippen LogP contribution >= 0.6 is 11.3 Å². The number of furan rings is 1. The lowest BCUT2D eigenvalue weighted by atomic mass is 10.2. The molecular formula is C23H25N5O4S. The van der Waals surface area contributed by atoms with Crippen molar-refractivity contribution in [3.63, 3.8) is 0 Å². The summed E-state index contributed by atoms with van der Waals surface area (Å²) < 4.78 is 9.44. The topological polar surface area (TPSA) is 93.1 Å². The molecule has 4 aromatic rings. The summed E-state index contributed by atoms with van der Waals surface area (Å²) in [4.78, 5) is 43.2. The third kappa shape index (κ3) is 3.74. The molecule has 2 amide bonds. The molecule has 0 aliphatic carbocycles. The van der Waals surface area contributed by atoms with Gasteiger partial charge in [-0.1, -0.05) is 13.8 Å². The summed E-state index contributed by atoms with van der Waals surface area (Å²) in [5, 5.41) is 4.54. The summed E-state index contributed by atoms with van der Waals surface area (Å²) in [6, 6.07) is 7.33. The van der Waals surface area contributed by atoms with Gasteiger partial charge < -0.3 is 14.2 Å². The fourth-order valence-corrected chi connectivity index (χ4v) is 5.32. The fourth-order valence-electron chi connectivity index (χ4n) is 4.29. The molecule has 0 spiro atoms. The van der Waals surface area contributed by atoms with Crippen LogP contribution in [0.15, 0.2) is 39.7 Å². The first-order chi connectivity index (χ1) is 16.0. The van der Waals surface area contributed by atoms with Gasteiger partial charge in [-0.3, -0.25) is 18.8 Å². The second-order valence-corrected chi connectivity index (χ2v) is 9.23. The maximum atomic E-state index is 13.2. The number of rotatable bonds is 5. The van der Waals surface area contributed by atoms with E-state index in [0.29, 0.717) is 43.9 Å². The van der Waals surface area contributed by atoms with Crippen LogP contribution in [-0.4, -0.2) is 62.0 Å². The highest BCUT2D eigenvalue weighted by molar-refractivity contribution is 7.19. The van der Waals surface area contributed by atoms with Crippen LogP contribution in [0.25, 0.3) is 15.7 Å². The Morgan fingerprint density at radius 3 is 2.48 bits per heavy atom. The van der Waals surface area contributed by atoms with E-state index in [-0.39, 0.29) is 23.9 Å². The number of thiophene rings is 1. The van der Waals surface area contributed by atoms with Gasteiger partial charge >= 0.3 is 0 Å². The van der Waals surface area contributed by atoms with E-state index in [9.17, 15) is 14.4 Å². The molecule has 0 N–H and O–H groups in total. The van der Waals surface area contributed by atoms with E-state index in [1.807, 2.05) is 17.4 Å². The molecule has 0 unspecified atom stereocenters. The van der Waals surface area contributed by atoms with E-state index in [2.05, 4.69) is 18.1 Å². The molecule has 0 bridgehead atoms. The number of nitrogens with zero attached hydrogens (tertiary/aromatic N) is 5. The minimum Gasteiger partial charge on any atom is -0.459 e. The van der Waals surface area contributed by atoms with Crippen molar-refractivity contribution in [1.82, 2.24) is 24.0 Å². The molecular weight excluding hydrogens is 442 g/mol. The molecule has 10 heteroatoms. The summed E-state index contributed by atoms with van der Waals surface area (Å²) >= 11 is 1.68. The molecule has 5 rings (SSSR count). The second kappa shape index (κ2) is 8.51. The molecule has 9 nitrogen and oxygen atoms in total. The van der Waals surface area contributed by atoms with Crippen molar-refractivity contribution in [3.8, 4) is 0 Å². The van der Waals surface area contributed by atoms with Crippen LogP contribution in [0.2, 0.25) is 0 Å². The first-order valence-electron chi connectivity index (χ1n) is 11.1. The summed E-state index contributed by atoms with van der Waals surface area (Å²) in [6.07, 6.45) is 3.05. The Balaban J connectivity index is 1.35. The zero-order valence-corrected chi connectivity index (χ0v) is 19.4. The van der Waals surface area contributed by atoms with Gasteiger partial charge in [-0.15, -0.1) is 11.3 Å². The van der Waals surface area contributed by atoms with Crippen LogP contribution in [0, 0.1) is 0 Å². The Morgan fingerprint density at radius 2 is 1.82 bits per heavy atom. The summed E-state index contributed by atoms with van der Waals surface area (Å²) in [5.41, 5.74) is 1.28. The average Bonchev–Trinajstić information content (AvgIpc) is 3.57. The third-order valence-electron chi connectivity index (χ3n) is 6.09. The molecule has 1 fully saturated rings. The Labute approximate surface area is 193 Å². The van der Waals surface area contributed by atoms with E-state index in [1.54, 1.807) is 33.3 Å². The Hall–Kier alpha value is -3.40. The zero-order chi connectivity index (χ0) is 23.1. The minimum absolute atomic E-state index is 0.118. The molecule has 1 saturated heterocycles. The maximum absolute atomic E-state index is 13.2. The summed E-state index contributed by atoms with van der Waals surface area (Å²) in [5.74, 6) is 0.691. The SMILES string of the molecule is CCc1cc2c(cc3c(=O)n(CC(=O)N4CCN(C(=O)c5ccco5)CC4)nc(CC)n32)s1. The lowest BCUT2D eigenvalue weighted by Crippen LogP contribution is -2.51. The number of aromatic nitrogens is 3. The first-order valence-corrected chi connectivity index (χ1v) is 12.0. The molecule has 172 valence electrons. The van der Waals surface area contributed by atoms with Gasteiger partial charge in [0.1, 0.15) is 17.9 Å². The van der Waals surface area contributed by atoms with Crippen molar-refractivity contribution in [3.05, 3.63) is 57.3 Å². The lowest BCUT2D eigenvalue weighted by molar-refractivity contribution is -0.133. The van der Waals surface area contributed by atoms with Crippen LogP contribution in [0.4, 0.5) is 0 Å². The van der Waals surface area contributed by atoms with Crippen molar-refractivity contribution in [2.24, 2.45) is 0 Å². The Morgan fingerprint density at radius 1 is 1.06 bits per heavy atom. The van der Waals surface area contributed by atoms with Crippen molar-refractivity contribution >= 4 is 38.9 Å². The Bertz CT molecular complexity index is 1390. The number of amides is 2. The van der Waals surface area contributed by atoms with Crippen LogP contribution in [0.3, 0.4) is 0 Å². The highest BCUT2D eigenvalue weighted by Crippen LogP contribution is 2.29. The quantitative estimate of drug-likeness (QED) is 0.449. The number of carbonyl (C=O) groups excluding carboxylic acids is 2. The van der Waals surface area contributed by atoms with Gasteiger partial charge in [0.2, 0.25) is 5.91 Å². The molecule has 1 aliphatic rings. The van der Waals surface area contributed by atoms with Crippen molar-refractivity contribution in [1.29, 1.82) is 0 Å². The van der Waals surface area contributed by atoms with Gasteiger partial charge in [-0.2, -0.15) is 5.10 Å². The van der Waals surface area contributed by atoms with Gasteiger partial charge in [-0.05, 0) is 30.7 Å². The second-order valence-electron chi connectivity index (χ2n) is 8.06. The molecule has 33 heavy (non-hydrogen) atoms. The standard InChI is InChI=1S/C23H25N5O4S/c1-3-15-12-16-19(33-15)13-17-22(30)27(24-20(4-2)28(16)17)14-21(29)25-7-9-26(10-8-25)23(31)18-6-5-11-32-18/h5-6,11-13H,3-4,7-10,14H2,1-2H3. The van der Waals surface area contributed by atoms with E-state index < -0.39 is 0 Å². The molecule has 1 aliphatic heterocycles. The number of piperazine rings is 1. The van der Waals surface area contributed by atoms with Gasteiger partial charge in [0, 0.05) is 37.5 Å². The summed E-state index contributed by atoms with van der Waals surface area (Å²) in [6.45, 7) is 5.64. The van der Waals surface area contributed by atoms with Crippen LogP contribution < -0.4 is 5.56 Å². The Kier molecular flexibility index (Phi) is 5.53. The highest BCUT2D eigenvalue weighted by Gasteiger charge is 2.27. The van der Waals surface area contributed by atoms with E-state index >= 15 is 0 Å². The number of hydrogen-bond acceptors (Lipinski definition) is 6. The fraction of sp³-hybridized carbons (Fsp3) is 0.391. The van der Waals surface area contributed by atoms with Gasteiger partial charge in [-0.25, -0.2) is 4.68 Å². The molecule has 0 radical (unpaired) electrons. The predicted molar refractivity (Wildman–Crippen MR) is 125 cm³/mol. The monoisotopic (exact) mass is 467 g/mol. The highest BCUT2D eigenvalue weighted by atomic mass is 32.1. The largest absolute Gasteiger partial charge is 0.459 e. The average molecular weight is 468 g/mol. The smallest absolute Gasteiger partial charge is 0.291 e. The van der Waals surface area contributed by atoms with Crippen molar-refractivity contribution in [2.75, 3.05) is 26.2 Å². The van der Waals surface area contributed by atoms with Crippen LogP contribution in [-0.2, 0) is 24.2 Å². The number of aryl methyl sites for hydroxylation is 2.